The molecular weight excluding hydrogens is 299 g/mol. The van der Waals surface area contributed by atoms with E-state index in [1.807, 2.05) is 5.38 Å². The maximum atomic E-state index is 13.1. The molecule has 0 aliphatic rings. The molecule has 9 heteroatoms. The highest BCUT2D eigenvalue weighted by Crippen LogP contribution is 2.33. The van der Waals surface area contributed by atoms with Crippen LogP contribution in [0.2, 0.25) is 0 Å². The van der Waals surface area contributed by atoms with E-state index in [0.717, 1.165) is 12.1 Å². The summed E-state index contributed by atoms with van der Waals surface area (Å²) < 4.78 is 20.3. The van der Waals surface area contributed by atoms with Crippen molar-refractivity contribution >= 4 is 22.0 Å². The lowest BCUT2D eigenvalue weighted by Crippen LogP contribution is -2.02. The highest BCUT2D eigenvalue weighted by Gasteiger charge is 2.20. The van der Waals surface area contributed by atoms with Gasteiger partial charge in [0.25, 0.3) is 0 Å². The number of benzene rings is 1. The van der Waals surface area contributed by atoms with E-state index in [9.17, 15) is 14.5 Å². The predicted molar refractivity (Wildman–Crippen MR) is 74.1 cm³/mol. The van der Waals surface area contributed by atoms with Crippen molar-refractivity contribution in [2.45, 2.75) is 6.54 Å². The van der Waals surface area contributed by atoms with E-state index < -0.39 is 16.4 Å². The fourth-order valence-corrected chi connectivity index (χ4v) is 2.63. The van der Waals surface area contributed by atoms with Gasteiger partial charge in [0.15, 0.2) is 4.96 Å². The highest BCUT2D eigenvalue weighted by molar-refractivity contribution is 7.15. The highest BCUT2D eigenvalue weighted by atomic mass is 32.1. The molecule has 0 radical (unpaired) electrons. The van der Waals surface area contributed by atoms with E-state index in [4.69, 9.17) is 10.5 Å². The topological polar surface area (TPSA) is 95.7 Å². The number of nitrogens with zero attached hydrogens (tertiary/aromatic N) is 3. The maximum absolute atomic E-state index is 13.1. The SMILES string of the molecule is NCc1c(Oc2ccc(F)cc2[N+](=O)[O-])nc2sccn12. The molecule has 0 bridgehead atoms. The molecule has 2 heterocycles. The molecule has 0 saturated heterocycles. The van der Waals surface area contributed by atoms with E-state index in [1.165, 1.54) is 17.4 Å². The molecule has 0 spiro atoms. The molecule has 3 aromatic rings. The average Bonchev–Trinajstić information content (AvgIpc) is 3.00. The first-order valence-corrected chi connectivity index (χ1v) is 6.74. The Morgan fingerprint density at radius 2 is 2.33 bits per heavy atom. The Morgan fingerprint density at radius 3 is 3.05 bits per heavy atom. The standard InChI is InChI=1S/C12H9FN4O3S/c13-7-1-2-10(8(5-7)17(18)19)20-11-9(6-14)16-3-4-21-12(16)15-11/h1-5H,6,14H2. The molecule has 0 unspecified atom stereocenters. The van der Waals surface area contributed by atoms with E-state index >= 15 is 0 Å². The van der Waals surface area contributed by atoms with Crippen LogP contribution >= 0.6 is 11.3 Å². The maximum Gasteiger partial charge on any atom is 0.314 e. The molecule has 0 aliphatic heterocycles. The molecule has 0 saturated carbocycles. The molecule has 0 fully saturated rings. The first kappa shape index (κ1) is 13.5. The average molecular weight is 308 g/mol. The number of fused-ring (bicyclic) bond motifs is 1. The number of ether oxygens (including phenoxy) is 1. The van der Waals surface area contributed by atoms with E-state index in [1.54, 1.807) is 10.6 Å². The lowest BCUT2D eigenvalue weighted by atomic mass is 10.3. The Kier molecular flexibility index (Phi) is 3.28. The van der Waals surface area contributed by atoms with Crippen LogP contribution in [0.15, 0.2) is 29.8 Å². The zero-order chi connectivity index (χ0) is 15.0. The van der Waals surface area contributed by atoms with Gasteiger partial charge in [0, 0.05) is 18.1 Å². The molecule has 3 rings (SSSR count). The molecule has 2 aromatic heterocycles. The third-order valence-corrected chi connectivity index (χ3v) is 3.60. The number of thiazole rings is 1. The van der Waals surface area contributed by atoms with E-state index in [2.05, 4.69) is 4.98 Å². The summed E-state index contributed by atoms with van der Waals surface area (Å²) in [6.07, 6.45) is 1.78. The molecule has 0 atom stereocenters. The van der Waals surface area contributed by atoms with Crippen LogP contribution in [-0.2, 0) is 6.54 Å². The van der Waals surface area contributed by atoms with Crippen LogP contribution in [0.3, 0.4) is 0 Å². The third-order valence-electron chi connectivity index (χ3n) is 2.84. The van der Waals surface area contributed by atoms with Crippen molar-refractivity contribution in [1.82, 2.24) is 9.38 Å². The molecule has 7 nitrogen and oxygen atoms in total. The fourth-order valence-electron chi connectivity index (χ4n) is 1.90. The second-order valence-electron chi connectivity index (χ2n) is 4.09. The summed E-state index contributed by atoms with van der Waals surface area (Å²) >= 11 is 1.38. The van der Waals surface area contributed by atoms with Crippen LogP contribution in [0, 0.1) is 15.9 Å². The number of imidazole rings is 1. The first-order valence-electron chi connectivity index (χ1n) is 5.86. The predicted octanol–water partition coefficient (Wildman–Crippen LogP) is 2.69. The normalized spacial score (nSPS) is 11.0. The van der Waals surface area contributed by atoms with Crippen LogP contribution in [0.4, 0.5) is 10.1 Å². The molecule has 108 valence electrons. The number of hydrogen-bond acceptors (Lipinski definition) is 6. The van der Waals surface area contributed by atoms with Gasteiger partial charge >= 0.3 is 5.69 Å². The summed E-state index contributed by atoms with van der Waals surface area (Å²) in [5.74, 6) is -0.611. The van der Waals surface area contributed by atoms with Gasteiger partial charge in [-0.15, -0.1) is 11.3 Å². The number of nitrogens with two attached hydrogens (primary N) is 1. The second kappa shape index (κ2) is 5.11. The Labute approximate surface area is 121 Å². The number of rotatable bonds is 4. The summed E-state index contributed by atoms with van der Waals surface area (Å²) in [7, 11) is 0. The Hall–Kier alpha value is -2.52. The summed E-state index contributed by atoms with van der Waals surface area (Å²) in [5, 5.41) is 12.8. The van der Waals surface area contributed by atoms with Crippen molar-refractivity contribution in [1.29, 1.82) is 0 Å². The zero-order valence-electron chi connectivity index (χ0n) is 10.5. The minimum Gasteiger partial charge on any atom is -0.430 e. The number of aromatic nitrogens is 2. The summed E-state index contributed by atoms with van der Waals surface area (Å²) in [6, 6.07) is 3.08. The van der Waals surface area contributed by atoms with Gasteiger partial charge in [-0.1, -0.05) is 0 Å². The number of nitro benzene ring substituents is 1. The Bertz CT molecular complexity index is 829. The van der Waals surface area contributed by atoms with Gasteiger partial charge in [-0.25, -0.2) is 4.39 Å². The lowest BCUT2D eigenvalue weighted by molar-refractivity contribution is -0.385. The van der Waals surface area contributed by atoms with Crippen molar-refractivity contribution in [3.8, 4) is 11.6 Å². The lowest BCUT2D eigenvalue weighted by Gasteiger charge is -2.05. The molecule has 1 aromatic carbocycles. The summed E-state index contributed by atoms with van der Waals surface area (Å²) in [5.41, 5.74) is 5.79. The number of nitro groups is 1. The van der Waals surface area contributed by atoms with Crippen molar-refractivity contribution in [2.24, 2.45) is 5.73 Å². The van der Waals surface area contributed by atoms with Gasteiger partial charge in [-0.3, -0.25) is 14.5 Å². The van der Waals surface area contributed by atoms with Gasteiger partial charge in [0.05, 0.1) is 11.0 Å². The summed E-state index contributed by atoms with van der Waals surface area (Å²) in [6.45, 7) is 0.155. The van der Waals surface area contributed by atoms with Crippen LogP contribution in [0.25, 0.3) is 4.96 Å². The first-order chi connectivity index (χ1) is 10.1. The van der Waals surface area contributed by atoms with Crippen molar-refractivity contribution in [2.75, 3.05) is 0 Å². The van der Waals surface area contributed by atoms with Gasteiger partial charge in [-0.2, -0.15) is 4.98 Å². The van der Waals surface area contributed by atoms with Crippen LogP contribution in [0.1, 0.15) is 5.69 Å². The Morgan fingerprint density at radius 1 is 1.52 bits per heavy atom. The van der Waals surface area contributed by atoms with E-state index in [-0.39, 0.29) is 18.2 Å². The fraction of sp³-hybridized carbons (Fsp3) is 0.0833. The van der Waals surface area contributed by atoms with E-state index in [0.29, 0.717) is 10.7 Å². The largest absolute Gasteiger partial charge is 0.430 e. The van der Waals surface area contributed by atoms with Crippen molar-refractivity contribution in [3.05, 3.63) is 51.4 Å². The molecule has 2 N–H and O–H groups in total. The number of hydrogen-bond donors (Lipinski definition) is 1. The second-order valence-corrected chi connectivity index (χ2v) is 4.97. The quantitative estimate of drug-likeness (QED) is 0.590. The third kappa shape index (κ3) is 2.32. The molecule has 0 aliphatic carbocycles. The summed E-state index contributed by atoms with van der Waals surface area (Å²) in [4.78, 5) is 15.1. The Balaban J connectivity index is 2.06. The zero-order valence-corrected chi connectivity index (χ0v) is 11.3. The van der Waals surface area contributed by atoms with Gasteiger partial charge in [0.1, 0.15) is 11.5 Å². The number of halogens is 1. The van der Waals surface area contributed by atoms with Crippen LogP contribution in [-0.4, -0.2) is 14.3 Å². The van der Waals surface area contributed by atoms with Crippen LogP contribution in [0.5, 0.6) is 11.6 Å². The molecular formula is C12H9FN4O3S. The van der Waals surface area contributed by atoms with Crippen molar-refractivity contribution in [3.63, 3.8) is 0 Å². The molecule has 21 heavy (non-hydrogen) atoms. The minimum absolute atomic E-state index is 0.0816. The smallest absolute Gasteiger partial charge is 0.314 e. The monoisotopic (exact) mass is 308 g/mol. The van der Waals surface area contributed by atoms with Gasteiger partial charge in [-0.05, 0) is 12.1 Å². The van der Waals surface area contributed by atoms with Crippen LogP contribution < -0.4 is 10.5 Å². The van der Waals surface area contributed by atoms with Gasteiger partial charge < -0.3 is 10.5 Å². The minimum atomic E-state index is -0.709. The van der Waals surface area contributed by atoms with Gasteiger partial charge in [0.2, 0.25) is 11.6 Å². The molecule has 0 amide bonds. The van der Waals surface area contributed by atoms with Crippen molar-refractivity contribution < 1.29 is 14.1 Å².